The first-order chi connectivity index (χ1) is 15.9. The van der Waals surface area contributed by atoms with Crippen LogP contribution in [0.3, 0.4) is 0 Å². The molecule has 170 valence electrons. The number of benzene rings is 2. The maximum atomic E-state index is 14.5. The number of H-pyrrole nitrogens is 1. The summed E-state index contributed by atoms with van der Waals surface area (Å²) in [7, 11) is 1.80. The van der Waals surface area contributed by atoms with Gasteiger partial charge in [-0.15, -0.1) is 0 Å². The number of rotatable bonds is 6. The zero-order valence-corrected chi connectivity index (χ0v) is 18.0. The third-order valence-corrected chi connectivity index (χ3v) is 6.34. The normalized spacial score (nSPS) is 17.8. The van der Waals surface area contributed by atoms with E-state index in [2.05, 4.69) is 15.4 Å². The van der Waals surface area contributed by atoms with Crippen LogP contribution in [0, 0.1) is 23.4 Å². The molecule has 0 radical (unpaired) electrons. The van der Waals surface area contributed by atoms with Crippen molar-refractivity contribution in [3.63, 3.8) is 0 Å². The van der Waals surface area contributed by atoms with Crippen molar-refractivity contribution in [1.29, 1.82) is 0 Å². The molecule has 0 unspecified atom stereocenters. The van der Waals surface area contributed by atoms with Gasteiger partial charge in [0.2, 0.25) is 5.91 Å². The van der Waals surface area contributed by atoms with Gasteiger partial charge in [0, 0.05) is 31.2 Å². The maximum Gasteiger partial charge on any atom is 0.226 e. The molecule has 5 rings (SSSR count). The standard InChI is InChI=1S/C25H23F3N4O/c1-32-7-6-19(31-32)12-22(33)29-13-14-8-16(9-14)23-20-10-18(27)11-21(28)25(20)30-24(23)15-2-4-17(26)5-3-15/h2-7,10-11,14,16,30H,8-9,12-13H2,1H3,(H,29,33). The summed E-state index contributed by atoms with van der Waals surface area (Å²) in [4.78, 5) is 15.3. The van der Waals surface area contributed by atoms with E-state index in [0.29, 0.717) is 23.3 Å². The Labute approximate surface area is 188 Å². The van der Waals surface area contributed by atoms with Crippen LogP contribution in [0.2, 0.25) is 0 Å². The van der Waals surface area contributed by atoms with E-state index in [0.717, 1.165) is 30.0 Å². The second-order valence-electron chi connectivity index (χ2n) is 8.73. The molecule has 0 bridgehead atoms. The van der Waals surface area contributed by atoms with Gasteiger partial charge < -0.3 is 10.3 Å². The number of nitrogens with one attached hydrogen (secondary N) is 2. The Morgan fingerprint density at radius 1 is 1.12 bits per heavy atom. The SMILES string of the molecule is Cn1ccc(CC(=O)NCC2CC(c3c(-c4ccc(F)cc4)[nH]c4c(F)cc(F)cc34)C2)n1. The van der Waals surface area contributed by atoms with Crippen molar-refractivity contribution in [2.75, 3.05) is 6.54 Å². The zero-order chi connectivity index (χ0) is 23.1. The average Bonchev–Trinajstić information content (AvgIpc) is 3.31. The smallest absolute Gasteiger partial charge is 0.226 e. The number of fused-ring (bicyclic) bond motifs is 1. The molecule has 1 saturated carbocycles. The fraction of sp³-hybridized carbons (Fsp3) is 0.280. The van der Waals surface area contributed by atoms with E-state index >= 15 is 0 Å². The highest BCUT2D eigenvalue weighted by molar-refractivity contribution is 5.92. The lowest BCUT2D eigenvalue weighted by molar-refractivity contribution is -0.120. The van der Waals surface area contributed by atoms with Gasteiger partial charge in [0.25, 0.3) is 0 Å². The van der Waals surface area contributed by atoms with Gasteiger partial charge in [-0.1, -0.05) is 0 Å². The average molecular weight is 452 g/mol. The molecule has 1 fully saturated rings. The summed E-state index contributed by atoms with van der Waals surface area (Å²) in [5.74, 6) is -1.38. The van der Waals surface area contributed by atoms with Crippen LogP contribution in [0.5, 0.6) is 0 Å². The number of halogens is 3. The summed E-state index contributed by atoms with van der Waals surface area (Å²) in [6.45, 7) is 0.541. The molecular weight excluding hydrogens is 429 g/mol. The van der Waals surface area contributed by atoms with E-state index in [4.69, 9.17) is 0 Å². The van der Waals surface area contributed by atoms with E-state index in [1.165, 1.54) is 18.2 Å². The van der Waals surface area contributed by atoms with Crippen molar-refractivity contribution in [2.45, 2.75) is 25.2 Å². The van der Waals surface area contributed by atoms with E-state index in [-0.39, 0.29) is 35.5 Å². The largest absolute Gasteiger partial charge is 0.355 e. The van der Waals surface area contributed by atoms with Crippen LogP contribution in [0.4, 0.5) is 13.2 Å². The highest BCUT2D eigenvalue weighted by atomic mass is 19.1. The van der Waals surface area contributed by atoms with Gasteiger partial charge in [0.1, 0.15) is 17.5 Å². The van der Waals surface area contributed by atoms with Crippen LogP contribution in [-0.2, 0) is 18.3 Å². The van der Waals surface area contributed by atoms with Crippen LogP contribution in [-0.4, -0.2) is 27.2 Å². The monoisotopic (exact) mass is 452 g/mol. The molecule has 1 aliphatic rings. The summed E-state index contributed by atoms with van der Waals surface area (Å²) in [5, 5.41) is 7.68. The number of amides is 1. The summed E-state index contributed by atoms with van der Waals surface area (Å²) < 4.78 is 43.6. The molecule has 0 atom stereocenters. The second kappa shape index (κ2) is 8.42. The fourth-order valence-corrected chi connectivity index (χ4v) is 4.69. The summed E-state index contributed by atoms with van der Waals surface area (Å²) in [5.41, 5.74) is 3.20. The Morgan fingerprint density at radius 3 is 2.58 bits per heavy atom. The minimum Gasteiger partial charge on any atom is -0.355 e. The van der Waals surface area contributed by atoms with E-state index < -0.39 is 11.6 Å². The van der Waals surface area contributed by atoms with Crippen molar-refractivity contribution in [2.24, 2.45) is 13.0 Å². The number of carbonyl (C=O) groups is 1. The highest BCUT2D eigenvalue weighted by Crippen LogP contribution is 2.48. The third kappa shape index (κ3) is 4.25. The van der Waals surface area contributed by atoms with Crippen LogP contribution in [0.15, 0.2) is 48.7 Å². The quantitative estimate of drug-likeness (QED) is 0.440. The predicted molar refractivity (Wildman–Crippen MR) is 119 cm³/mol. The van der Waals surface area contributed by atoms with Crippen LogP contribution in [0.25, 0.3) is 22.2 Å². The van der Waals surface area contributed by atoms with E-state index in [1.807, 2.05) is 6.07 Å². The second-order valence-corrected chi connectivity index (χ2v) is 8.73. The first-order valence-corrected chi connectivity index (χ1v) is 10.9. The van der Waals surface area contributed by atoms with Gasteiger partial charge in [-0.05, 0) is 72.2 Å². The number of hydrogen-bond donors (Lipinski definition) is 2. The predicted octanol–water partition coefficient (Wildman–Crippen LogP) is 4.84. The number of nitrogens with zero attached hydrogens (tertiary/aromatic N) is 2. The molecule has 2 N–H and O–H groups in total. The molecule has 0 saturated heterocycles. The van der Waals surface area contributed by atoms with Gasteiger partial charge in [0.15, 0.2) is 0 Å². The highest BCUT2D eigenvalue weighted by Gasteiger charge is 2.34. The fourth-order valence-electron chi connectivity index (χ4n) is 4.69. The molecule has 1 amide bonds. The number of aryl methyl sites for hydroxylation is 1. The Balaban J connectivity index is 1.33. The topological polar surface area (TPSA) is 62.7 Å². The van der Waals surface area contributed by atoms with Gasteiger partial charge in [0.05, 0.1) is 23.3 Å². The summed E-state index contributed by atoms with van der Waals surface area (Å²) in [6, 6.07) is 9.98. The molecule has 1 aliphatic carbocycles. The van der Waals surface area contributed by atoms with Gasteiger partial charge >= 0.3 is 0 Å². The number of aromatic nitrogens is 3. The molecule has 5 nitrogen and oxygen atoms in total. The maximum absolute atomic E-state index is 14.5. The van der Waals surface area contributed by atoms with Crippen LogP contribution < -0.4 is 5.32 Å². The van der Waals surface area contributed by atoms with Crippen molar-refractivity contribution < 1.29 is 18.0 Å². The van der Waals surface area contributed by atoms with Crippen LogP contribution in [0.1, 0.15) is 30.0 Å². The lowest BCUT2D eigenvalue weighted by Gasteiger charge is -2.36. The van der Waals surface area contributed by atoms with E-state index in [9.17, 15) is 18.0 Å². The van der Waals surface area contributed by atoms with Gasteiger partial charge in [-0.3, -0.25) is 9.48 Å². The zero-order valence-electron chi connectivity index (χ0n) is 18.0. The first kappa shape index (κ1) is 21.3. The van der Waals surface area contributed by atoms with Gasteiger partial charge in [-0.2, -0.15) is 5.10 Å². The minimum absolute atomic E-state index is 0.0812. The molecule has 33 heavy (non-hydrogen) atoms. The number of carbonyl (C=O) groups excluding carboxylic acids is 1. The minimum atomic E-state index is -0.655. The molecule has 4 aromatic rings. The van der Waals surface area contributed by atoms with Gasteiger partial charge in [-0.25, -0.2) is 13.2 Å². The molecule has 2 aromatic carbocycles. The molecule has 0 spiro atoms. The number of aromatic amines is 1. The Bertz CT molecular complexity index is 1320. The summed E-state index contributed by atoms with van der Waals surface area (Å²) in [6.07, 6.45) is 3.59. The molecule has 0 aliphatic heterocycles. The Kier molecular flexibility index (Phi) is 5.44. The first-order valence-electron chi connectivity index (χ1n) is 10.9. The van der Waals surface area contributed by atoms with E-state index in [1.54, 1.807) is 30.1 Å². The third-order valence-electron chi connectivity index (χ3n) is 6.34. The molecule has 8 heteroatoms. The lowest BCUT2D eigenvalue weighted by atomic mass is 9.70. The molecular formula is C25H23F3N4O. The van der Waals surface area contributed by atoms with Crippen molar-refractivity contribution in [1.82, 2.24) is 20.1 Å². The lowest BCUT2D eigenvalue weighted by Crippen LogP contribution is -2.36. The molecule has 2 heterocycles. The Hall–Kier alpha value is -3.55. The Morgan fingerprint density at radius 2 is 1.88 bits per heavy atom. The number of hydrogen-bond acceptors (Lipinski definition) is 2. The summed E-state index contributed by atoms with van der Waals surface area (Å²) >= 11 is 0. The van der Waals surface area contributed by atoms with Crippen LogP contribution >= 0.6 is 0 Å². The molecule has 2 aromatic heterocycles. The van der Waals surface area contributed by atoms with Crippen molar-refractivity contribution >= 4 is 16.8 Å². The van der Waals surface area contributed by atoms with Crippen molar-refractivity contribution in [3.05, 3.63) is 77.4 Å². The van der Waals surface area contributed by atoms with Crippen molar-refractivity contribution in [3.8, 4) is 11.3 Å².